The number of carbonyl (C=O) groups is 1. The molecular weight excluding hydrogens is 579 g/mol. The van der Waals surface area contributed by atoms with Gasteiger partial charge in [0, 0.05) is 37.6 Å². The number of anilines is 3. The second-order valence-corrected chi connectivity index (χ2v) is 14.5. The highest BCUT2D eigenvalue weighted by molar-refractivity contribution is 7.16. The molecule has 0 fully saturated rings. The molecule has 3 heteroatoms. The first kappa shape index (κ1) is 28.5. The van der Waals surface area contributed by atoms with Crippen LogP contribution in [0, 0.1) is 0 Å². The average Bonchev–Trinajstić information content (AvgIpc) is 3.71. The molecule has 2 aliphatic carbocycles. The van der Waals surface area contributed by atoms with Crippen LogP contribution < -0.4 is 4.90 Å². The SMILES string of the molecule is CC1(C)c2ccccc2-c2ccc(N(c3ccc(-c4ccc(/C=C/C=O)s4)cc3)c3ccc4c(c3)C(C)(C)c3ccccc3-4)cc21. The van der Waals surface area contributed by atoms with Crippen LogP contribution in [0.4, 0.5) is 17.1 Å². The Morgan fingerprint density at radius 3 is 1.59 bits per heavy atom. The maximum absolute atomic E-state index is 10.8. The van der Waals surface area contributed by atoms with E-state index in [1.807, 2.05) is 6.08 Å². The highest BCUT2D eigenvalue weighted by Gasteiger charge is 2.37. The van der Waals surface area contributed by atoms with Crippen LogP contribution in [0.1, 0.15) is 54.8 Å². The van der Waals surface area contributed by atoms with E-state index in [1.54, 1.807) is 17.4 Å². The van der Waals surface area contributed by atoms with E-state index in [2.05, 4.69) is 154 Å². The molecule has 2 aliphatic rings. The van der Waals surface area contributed by atoms with Crippen molar-refractivity contribution in [3.05, 3.63) is 155 Å². The van der Waals surface area contributed by atoms with Crippen molar-refractivity contribution in [3.8, 4) is 32.7 Å². The third-order valence-corrected chi connectivity index (χ3v) is 11.1. The highest BCUT2D eigenvalue weighted by Crippen LogP contribution is 2.53. The van der Waals surface area contributed by atoms with Gasteiger partial charge in [0.05, 0.1) is 0 Å². The van der Waals surface area contributed by atoms with Gasteiger partial charge in [-0.3, -0.25) is 4.79 Å². The summed E-state index contributed by atoms with van der Waals surface area (Å²) in [6.45, 7) is 9.37. The molecule has 0 saturated carbocycles. The van der Waals surface area contributed by atoms with E-state index in [-0.39, 0.29) is 10.8 Å². The van der Waals surface area contributed by atoms with Crippen LogP contribution in [0.15, 0.2) is 127 Å². The molecule has 0 atom stereocenters. The van der Waals surface area contributed by atoms with Gasteiger partial charge in [-0.1, -0.05) is 100 Å². The lowest BCUT2D eigenvalue weighted by molar-refractivity contribution is -0.104. The Balaban J connectivity index is 1.26. The van der Waals surface area contributed by atoms with Gasteiger partial charge in [0.15, 0.2) is 0 Å². The number of nitrogens with zero attached hydrogens (tertiary/aromatic N) is 1. The van der Waals surface area contributed by atoms with Gasteiger partial charge >= 0.3 is 0 Å². The molecule has 1 aromatic heterocycles. The Morgan fingerprint density at radius 2 is 1.04 bits per heavy atom. The van der Waals surface area contributed by atoms with Crippen LogP contribution in [0.5, 0.6) is 0 Å². The predicted molar refractivity (Wildman–Crippen MR) is 195 cm³/mol. The van der Waals surface area contributed by atoms with E-state index in [0.717, 1.165) is 33.8 Å². The van der Waals surface area contributed by atoms with Crippen LogP contribution >= 0.6 is 11.3 Å². The molecule has 5 aromatic carbocycles. The van der Waals surface area contributed by atoms with E-state index < -0.39 is 0 Å². The number of aldehydes is 1. The van der Waals surface area contributed by atoms with Crippen molar-refractivity contribution >= 4 is 40.8 Å². The monoisotopic (exact) mass is 613 g/mol. The summed E-state index contributed by atoms with van der Waals surface area (Å²) in [4.78, 5) is 15.5. The summed E-state index contributed by atoms with van der Waals surface area (Å²) in [6.07, 6.45) is 4.22. The molecule has 0 amide bonds. The molecule has 1 heterocycles. The van der Waals surface area contributed by atoms with Gasteiger partial charge in [0.1, 0.15) is 6.29 Å². The molecule has 46 heavy (non-hydrogen) atoms. The molecule has 6 aromatic rings. The predicted octanol–water partition coefficient (Wildman–Crippen LogP) is 11.7. The lowest BCUT2D eigenvalue weighted by Gasteiger charge is -2.30. The van der Waals surface area contributed by atoms with Crippen LogP contribution in [-0.4, -0.2) is 6.29 Å². The lowest BCUT2D eigenvalue weighted by Crippen LogP contribution is -2.18. The van der Waals surface area contributed by atoms with Crippen LogP contribution in [0.3, 0.4) is 0 Å². The van der Waals surface area contributed by atoms with E-state index in [4.69, 9.17) is 0 Å². The summed E-state index contributed by atoms with van der Waals surface area (Å²) in [5.41, 5.74) is 15.2. The van der Waals surface area contributed by atoms with E-state index in [0.29, 0.717) is 0 Å². The van der Waals surface area contributed by atoms with Crippen molar-refractivity contribution in [1.82, 2.24) is 0 Å². The first-order chi connectivity index (χ1) is 22.3. The number of carbonyl (C=O) groups excluding carboxylic acids is 1. The summed E-state index contributed by atoms with van der Waals surface area (Å²) in [6, 6.07) is 44.7. The second kappa shape index (κ2) is 10.5. The Labute approximate surface area is 275 Å². The quantitative estimate of drug-likeness (QED) is 0.138. The maximum atomic E-state index is 10.8. The number of thiophene rings is 1. The fraction of sp³-hybridized carbons (Fsp3) is 0.140. The number of fused-ring (bicyclic) bond motifs is 6. The maximum Gasteiger partial charge on any atom is 0.142 e. The highest BCUT2D eigenvalue weighted by atomic mass is 32.1. The molecule has 0 saturated heterocycles. The van der Waals surface area contributed by atoms with Crippen LogP contribution in [0.25, 0.3) is 38.8 Å². The molecule has 0 bridgehead atoms. The van der Waals surface area contributed by atoms with Crippen molar-refractivity contribution in [2.24, 2.45) is 0 Å². The third kappa shape index (κ3) is 4.34. The number of hydrogen-bond acceptors (Lipinski definition) is 3. The van der Waals surface area contributed by atoms with E-state index in [9.17, 15) is 4.79 Å². The van der Waals surface area contributed by atoms with Gasteiger partial charge in [-0.05, 0) is 111 Å². The van der Waals surface area contributed by atoms with Gasteiger partial charge in [0.2, 0.25) is 0 Å². The lowest BCUT2D eigenvalue weighted by atomic mass is 9.82. The minimum atomic E-state index is -0.0891. The minimum absolute atomic E-state index is 0.0891. The van der Waals surface area contributed by atoms with Crippen molar-refractivity contribution < 1.29 is 4.79 Å². The van der Waals surface area contributed by atoms with Gasteiger partial charge in [0.25, 0.3) is 0 Å². The average molecular weight is 614 g/mol. The molecule has 224 valence electrons. The number of benzene rings is 5. The Morgan fingerprint density at radius 1 is 0.543 bits per heavy atom. The van der Waals surface area contributed by atoms with Gasteiger partial charge < -0.3 is 4.90 Å². The van der Waals surface area contributed by atoms with Crippen molar-refractivity contribution in [1.29, 1.82) is 0 Å². The molecule has 0 unspecified atom stereocenters. The Hall–Kier alpha value is -4.99. The summed E-state index contributed by atoms with van der Waals surface area (Å²) in [5, 5.41) is 0. The van der Waals surface area contributed by atoms with E-state index in [1.165, 1.54) is 49.4 Å². The molecule has 2 nitrogen and oxygen atoms in total. The fourth-order valence-corrected chi connectivity index (χ4v) is 8.54. The van der Waals surface area contributed by atoms with Gasteiger partial charge in [-0.15, -0.1) is 11.3 Å². The van der Waals surface area contributed by atoms with Crippen LogP contribution in [0.2, 0.25) is 0 Å². The third-order valence-electron chi connectivity index (χ3n) is 10.0. The van der Waals surface area contributed by atoms with Crippen molar-refractivity contribution in [3.63, 3.8) is 0 Å². The van der Waals surface area contributed by atoms with Gasteiger partial charge in [-0.25, -0.2) is 0 Å². The first-order valence-corrected chi connectivity index (χ1v) is 16.7. The molecular formula is C43H35NOS. The molecule has 8 rings (SSSR count). The summed E-state index contributed by atoms with van der Waals surface area (Å²) in [5.74, 6) is 0. The number of rotatable bonds is 6. The molecule has 0 aliphatic heterocycles. The minimum Gasteiger partial charge on any atom is -0.310 e. The topological polar surface area (TPSA) is 20.3 Å². The zero-order valence-electron chi connectivity index (χ0n) is 26.5. The van der Waals surface area contributed by atoms with Gasteiger partial charge in [-0.2, -0.15) is 0 Å². The zero-order chi connectivity index (χ0) is 31.6. The summed E-state index contributed by atoms with van der Waals surface area (Å²) >= 11 is 1.69. The zero-order valence-corrected chi connectivity index (χ0v) is 27.4. The number of allylic oxidation sites excluding steroid dienone is 1. The standard InChI is InChI=1S/C43H35NOS/c1-42(2)37-13-7-5-11-33(37)35-22-19-30(26-39(35)42)44(29-17-15-28(16-18-29)41-24-21-32(46-41)10-9-25-45)31-20-23-36-34-12-6-8-14-38(34)43(3,4)40(36)27-31/h5-27H,1-4H3/b10-9+. The normalized spacial score (nSPS) is 14.9. The first-order valence-electron chi connectivity index (χ1n) is 15.9. The number of hydrogen-bond donors (Lipinski definition) is 0. The van der Waals surface area contributed by atoms with E-state index >= 15 is 0 Å². The Bertz CT molecular complexity index is 2070. The second-order valence-electron chi connectivity index (χ2n) is 13.4. The van der Waals surface area contributed by atoms with Crippen LogP contribution in [-0.2, 0) is 15.6 Å². The molecule has 0 spiro atoms. The molecule has 0 radical (unpaired) electrons. The van der Waals surface area contributed by atoms with Crippen molar-refractivity contribution in [2.75, 3.05) is 4.90 Å². The fourth-order valence-electron chi connectivity index (χ4n) is 7.62. The molecule has 0 N–H and O–H groups in total. The van der Waals surface area contributed by atoms with Crippen molar-refractivity contribution in [2.45, 2.75) is 38.5 Å². The largest absolute Gasteiger partial charge is 0.310 e. The Kier molecular flexibility index (Phi) is 6.53. The summed E-state index contributed by atoms with van der Waals surface area (Å²) in [7, 11) is 0. The smallest absolute Gasteiger partial charge is 0.142 e. The summed E-state index contributed by atoms with van der Waals surface area (Å²) < 4.78 is 0.